The van der Waals surface area contributed by atoms with E-state index in [0.29, 0.717) is 17.7 Å². The molecule has 64 valence electrons. The summed E-state index contributed by atoms with van der Waals surface area (Å²) in [7, 11) is 0. The first kappa shape index (κ1) is 7.73. The predicted octanol–water partition coefficient (Wildman–Crippen LogP) is 1.28. The van der Waals surface area contributed by atoms with Crippen LogP contribution >= 0.6 is 11.3 Å². The van der Waals surface area contributed by atoms with Gasteiger partial charge >= 0.3 is 0 Å². The lowest BCUT2D eigenvalue weighted by Crippen LogP contribution is -2.26. The summed E-state index contributed by atoms with van der Waals surface area (Å²) in [4.78, 5) is 15.3. The van der Waals surface area contributed by atoms with E-state index in [1.807, 2.05) is 0 Å². The quantitative estimate of drug-likeness (QED) is 0.748. The fourth-order valence-corrected chi connectivity index (χ4v) is 1.62. The van der Waals surface area contributed by atoms with Crippen molar-refractivity contribution in [3.8, 4) is 0 Å². The summed E-state index contributed by atoms with van der Waals surface area (Å²) in [5.41, 5.74) is 2.21. The number of amides is 1. The van der Waals surface area contributed by atoms with E-state index in [2.05, 4.69) is 17.2 Å². The Bertz CT molecular complexity index is 283. The number of nitrogens with one attached hydrogen (secondary N) is 1. The lowest BCUT2D eigenvalue weighted by Gasteiger charge is -1.98. The number of carbonyl (C=O) groups excluding carboxylic acids is 1. The summed E-state index contributed by atoms with van der Waals surface area (Å²) in [5, 5.41) is 4.68. The maximum Gasteiger partial charge on any atom is 0.270 e. The molecular formula is C8H10N2OS. The van der Waals surface area contributed by atoms with Gasteiger partial charge in [-0.1, -0.05) is 6.92 Å². The minimum absolute atomic E-state index is 0.0365. The van der Waals surface area contributed by atoms with Crippen LogP contribution in [0.4, 0.5) is 0 Å². The molecule has 1 aromatic heterocycles. The number of hydrogen-bond acceptors (Lipinski definition) is 3. The van der Waals surface area contributed by atoms with Gasteiger partial charge in [-0.2, -0.15) is 0 Å². The van der Waals surface area contributed by atoms with Gasteiger partial charge < -0.3 is 5.32 Å². The summed E-state index contributed by atoms with van der Waals surface area (Å²) in [6.07, 6.45) is 1.11. The Hall–Kier alpha value is -0.900. The van der Waals surface area contributed by atoms with E-state index in [0.717, 1.165) is 6.42 Å². The number of carbonyl (C=O) groups is 1. The van der Waals surface area contributed by atoms with Gasteiger partial charge in [0.1, 0.15) is 5.69 Å². The number of aromatic nitrogens is 1. The average Bonchev–Trinajstić information content (AvgIpc) is 2.58. The molecule has 0 bridgehead atoms. The largest absolute Gasteiger partial charge is 0.348 e. The zero-order chi connectivity index (χ0) is 8.55. The average molecular weight is 182 g/mol. The lowest BCUT2D eigenvalue weighted by molar-refractivity contribution is 0.0945. The minimum atomic E-state index is -0.0365. The van der Waals surface area contributed by atoms with E-state index in [9.17, 15) is 4.79 Å². The molecule has 3 nitrogen and oxygen atoms in total. The number of thiazole rings is 1. The van der Waals surface area contributed by atoms with E-state index in [4.69, 9.17) is 0 Å². The van der Waals surface area contributed by atoms with Gasteiger partial charge in [0.15, 0.2) is 0 Å². The SMILES string of the molecule is CC1CC1NC(=O)c1cscn1. The second kappa shape index (κ2) is 2.86. The first-order valence-electron chi connectivity index (χ1n) is 3.96. The number of hydrogen-bond donors (Lipinski definition) is 1. The zero-order valence-electron chi connectivity index (χ0n) is 6.78. The Balaban J connectivity index is 1.93. The Morgan fingerprint density at radius 2 is 2.58 bits per heavy atom. The summed E-state index contributed by atoms with van der Waals surface area (Å²) >= 11 is 1.44. The summed E-state index contributed by atoms with van der Waals surface area (Å²) in [6, 6.07) is 0.388. The topological polar surface area (TPSA) is 42.0 Å². The molecule has 1 saturated carbocycles. The second-order valence-corrected chi connectivity index (χ2v) is 3.89. The van der Waals surface area contributed by atoms with Crippen molar-refractivity contribution in [3.63, 3.8) is 0 Å². The molecule has 0 aromatic carbocycles. The molecule has 0 radical (unpaired) electrons. The molecule has 2 unspecified atom stereocenters. The monoisotopic (exact) mass is 182 g/mol. The molecule has 1 heterocycles. The van der Waals surface area contributed by atoms with Crippen molar-refractivity contribution in [1.29, 1.82) is 0 Å². The fraction of sp³-hybridized carbons (Fsp3) is 0.500. The van der Waals surface area contributed by atoms with E-state index in [-0.39, 0.29) is 5.91 Å². The van der Waals surface area contributed by atoms with E-state index in [1.165, 1.54) is 11.3 Å². The van der Waals surface area contributed by atoms with Crippen LogP contribution in [0.1, 0.15) is 23.8 Å². The highest BCUT2D eigenvalue weighted by Gasteiger charge is 2.34. The van der Waals surface area contributed by atoms with Gasteiger partial charge in [-0.25, -0.2) is 4.98 Å². The van der Waals surface area contributed by atoms with Crippen molar-refractivity contribution in [3.05, 3.63) is 16.6 Å². The van der Waals surface area contributed by atoms with Crippen molar-refractivity contribution in [2.24, 2.45) is 5.92 Å². The van der Waals surface area contributed by atoms with E-state index >= 15 is 0 Å². The molecule has 1 amide bonds. The minimum Gasteiger partial charge on any atom is -0.348 e. The molecule has 12 heavy (non-hydrogen) atoms. The maximum absolute atomic E-state index is 11.3. The molecule has 1 aliphatic rings. The molecule has 1 aromatic rings. The van der Waals surface area contributed by atoms with Crippen LogP contribution in [0, 0.1) is 5.92 Å². The third kappa shape index (κ3) is 1.48. The predicted molar refractivity (Wildman–Crippen MR) is 47.1 cm³/mol. The molecule has 0 aliphatic heterocycles. The first-order valence-corrected chi connectivity index (χ1v) is 4.90. The van der Waals surface area contributed by atoms with Crippen LogP contribution in [0.15, 0.2) is 10.9 Å². The van der Waals surface area contributed by atoms with Gasteiger partial charge in [0, 0.05) is 11.4 Å². The Kier molecular flexibility index (Phi) is 1.84. The number of nitrogens with zero attached hydrogens (tertiary/aromatic N) is 1. The van der Waals surface area contributed by atoms with Crippen LogP contribution in [0.2, 0.25) is 0 Å². The zero-order valence-corrected chi connectivity index (χ0v) is 7.60. The summed E-state index contributed by atoms with van der Waals surface area (Å²) in [6.45, 7) is 2.13. The van der Waals surface area contributed by atoms with Gasteiger partial charge in [0.05, 0.1) is 5.51 Å². The summed E-state index contributed by atoms with van der Waals surface area (Å²) in [5.74, 6) is 0.609. The smallest absolute Gasteiger partial charge is 0.270 e. The lowest BCUT2D eigenvalue weighted by atomic mass is 10.4. The summed E-state index contributed by atoms with van der Waals surface area (Å²) < 4.78 is 0. The Morgan fingerprint density at radius 3 is 3.08 bits per heavy atom. The Labute approximate surface area is 74.8 Å². The van der Waals surface area contributed by atoms with Gasteiger partial charge in [-0.3, -0.25) is 4.79 Å². The van der Waals surface area contributed by atoms with Crippen molar-refractivity contribution in [2.75, 3.05) is 0 Å². The third-order valence-electron chi connectivity index (χ3n) is 2.09. The molecule has 0 saturated heterocycles. The highest BCUT2D eigenvalue weighted by molar-refractivity contribution is 7.07. The standard InChI is InChI=1S/C8H10N2OS/c1-5-2-6(5)10-8(11)7-3-12-4-9-7/h3-6H,2H2,1H3,(H,10,11). The van der Waals surface area contributed by atoms with Crippen molar-refractivity contribution in [2.45, 2.75) is 19.4 Å². The van der Waals surface area contributed by atoms with Gasteiger partial charge in [-0.05, 0) is 12.3 Å². The van der Waals surface area contributed by atoms with Crippen molar-refractivity contribution in [1.82, 2.24) is 10.3 Å². The van der Waals surface area contributed by atoms with Gasteiger partial charge in [0.2, 0.25) is 0 Å². The van der Waals surface area contributed by atoms with Gasteiger partial charge in [-0.15, -0.1) is 11.3 Å². The third-order valence-corrected chi connectivity index (χ3v) is 2.68. The highest BCUT2D eigenvalue weighted by atomic mass is 32.1. The molecule has 1 N–H and O–H groups in total. The maximum atomic E-state index is 11.3. The van der Waals surface area contributed by atoms with Crippen molar-refractivity contribution >= 4 is 17.2 Å². The molecule has 2 atom stereocenters. The fourth-order valence-electron chi connectivity index (χ4n) is 1.09. The van der Waals surface area contributed by atoms with Crippen LogP contribution in [0.5, 0.6) is 0 Å². The molecular weight excluding hydrogens is 172 g/mol. The van der Waals surface area contributed by atoms with Crippen LogP contribution in [0.3, 0.4) is 0 Å². The van der Waals surface area contributed by atoms with Crippen LogP contribution in [-0.4, -0.2) is 16.9 Å². The number of rotatable bonds is 2. The molecule has 1 fully saturated rings. The molecule has 0 spiro atoms. The molecule has 4 heteroatoms. The normalized spacial score (nSPS) is 26.8. The molecule has 2 rings (SSSR count). The van der Waals surface area contributed by atoms with E-state index in [1.54, 1.807) is 10.9 Å². The Morgan fingerprint density at radius 1 is 1.83 bits per heavy atom. The van der Waals surface area contributed by atoms with Gasteiger partial charge in [0.25, 0.3) is 5.91 Å². The second-order valence-electron chi connectivity index (χ2n) is 3.17. The van der Waals surface area contributed by atoms with E-state index < -0.39 is 0 Å². The van der Waals surface area contributed by atoms with Crippen LogP contribution in [-0.2, 0) is 0 Å². The highest BCUT2D eigenvalue weighted by Crippen LogP contribution is 2.29. The first-order chi connectivity index (χ1) is 5.77. The van der Waals surface area contributed by atoms with Crippen molar-refractivity contribution < 1.29 is 4.79 Å². The molecule has 1 aliphatic carbocycles. The van der Waals surface area contributed by atoms with Crippen LogP contribution in [0.25, 0.3) is 0 Å². The van der Waals surface area contributed by atoms with Crippen LogP contribution < -0.4 is 5.32 Å².